The Balaban J connectivity index is 0.000000336. The van der Waals surface area contributed by atoms with Gasteiger partial charge in [-0.1, -0.05) is 13.8 Å². The molecule has 2 rings (SSSR count). The third-order valence-corrected chi connectivity index (χ3v) is 2.67. The molecular formula is C10H20N2. The van der Waals surface area contributed by atoms with Crippen molar-refractivity contribution in [1.29, 1.82) is 0 Å². The standard InChI is InChI=1S/C8H14N2.C2H6/c1-6-4-10-3-2-7(5-10)8(6)9;1-2/h7H,2-5,9H2,1H3;1-2H3. The van der Waals surface area contributed by atoms with E-state index in [-0.39, 0.29) is 0 Å². The molecule has 0 saturated carbocycles. The fourth-order valence-corrected chi connectivity index (χ4v) is 2.01. The van der Waals surface area contributed by atoms with Crippen molar-refractivity contribution in [2.45, 2.75) is 27.2 Å². The largest absolute Gasteiger partial charge is 0.402 e. The minimum atomic E-state index is 0.689. The highest BCUT2D eigenvalue weighted by atomic mass is 15.2. The van der Waals surface area contributed by atoms with E-state index in [0.29, 0.717) is 5.92 Å². The summed E-state index contributed by atoms with van der Waals surface area (Å²) in [5, 5.41) is 0. The van der Waals surface area contributed by atoms with Crippen molar-refractivity contribution in [2.24, 2.45) is 11.7 Å². The zero-order chi connectivity index (χ0) is 9.14. The number of hydrogen-bond acceptors (Lipinski definition) is 2. The van der Waals surface area contributed by atoms with Crippen LogP contribution in [0.4, 0.5) is 0 Å². The average Bonchev–Trinajstić information content (AvgIpc) is 2.50. The van der Waals surface area contributed by atoms with Gasteiger partial charge >= 0.3 is 0 Å². The average molecular weight is 168 g/mol. The summed E-state index contributed by atoms with van der Waals surface area (Å²) in [4.78, 5) is 2.48. The lowest BCUT2D eigenvalue weighted by Crippen LogP contribution is -2.30. The van der Waals surface area contributed by atoms with Gasteiger partial charge in [-0.2, -0.15) is 0 Å². The highest BCUT2D eigenvalue weighted by Crippen LogP contribution is 2.28. The maximum absolute atomic E-state index is 5.91. The van der Waals surface area contributed by atoms with Gasteiger partial charge in [-0.25, -0.2) is 0 Å². The Labute approximate surface area is 75.4 Å². The quantitative estimate of drug-likeness (QED) is 0.595. The Bertz CT molecular complexity index is 184. The maximum atomic E-state index is 5.91. The predicted octanol–water partition coefficient (Wildman–Crippen LogP) is 1.58. The van der Waals surface area contributed by atoms with E-state index in [1.165, 1.54) is 30.8 Å². The normalized spacial score (nSPS) is 32.9. The molecule has 2 N–H and O–H groups in total. The van der Waals surface area contributed by atoms with E-state index in [2.05, 4.69) is 11.8 Å². The molecule has 12 heavy (non-hydrogen) atoms. The number of nitrogens with two attached hydrogens (primary N) is 1. The van der Waals surface area contributed by atoms with Crippen molar-refractivity contribution in [1.82, 2.24) is 4.90 Å². The molecule has 1 fully saturated rings. The zero-order valence-electron chi connectivity index (χ0n) is 8.43. The number of fused-ring (bicyclic) bond motifs is 2. The first-order chi connectivity index (χ1) is 5.77. The van der Waals surface area contributed by atoms with Crippen LogP contribution in [0.1, 0.15) is 27.2 Å². The number of nitrogens with zero attached hydrogens (tertiary/aromatic N) is 1. The molecule has 0 radical (unpaired) electrons. The molecule has 2 aliphatic heterocycles. The van der Waals surface area contributed by atoms with Crippen molar-refractivity contribution in [3.05, 3.63) is 11.3 Å². The molecule has 2 unspecified atom stereocenters. The highest BCUT2D eigenvalue weighted by Gasteiger charge is 2.29. The lowest BCUT2D eigenvalue weighted by molar-refractivity contribution is 0.341. The molecule has 2 heterocycles. The fourth-order valence-electron chi connectivity index (χ4n) is 2.01. The number of hydrogen-bond donors (Lipinski definition) is 1. The smallest absolute Gasteiger partial charge is 0.0210 e. The molecule has 0 amide bonds. The van der Waals surface area contributed by atoms with E-state index < -0.39 is 0 Å². The van der Waals surface area contributed by atoms with Gasteiger partial charge in [0.25, 0.3) is 0 Å². The molecular weight excluding hydrogens is 148 g/mol. The maximum Gasteiger partial charge on any atom is 0.0210 e. The molecule has 2 nitrogen and oxygen atoms in total. The zero-order valence-corrected chi connectivity index (χ0v) is 8.43. The second-order valence-electron chi connectivity index (χ2n) is 3.46. The number of rotatable bonds is 0. The minimum absolute atomic E-state index is 0.689. The lowest BCUT2D eigenvalue weighted by atomic mass is 9.99. The molecule has 0 spiro atoms. The van der Waals surface area contributed by atoms with Gasteiger partial charge in [0.05, 0.1) is 0 Å². The van der Waals surface area contributed by atoms with E-state index in [0.717, 1.165) is 6.54 Å². The van der Waals surface area contributed by atoms with Crippen LogP contribution < -0.4 is 5.73 Å². The van der Waals surface area contributed by atoms with Crippen LogP contribution in [-0.2, 0) is 0 Å². The Morgan fingerprint density at radius 2 is 2.08 bits per heavy atom. The molecule has 0 aromatic rings. The molecule has 0 aliphatic carbocycles. The summed E-state index contributed by atoms with van der Waals surface area (Å²) in [6.07, 6.45) is 1.28. The van der Waals surface area contributed by atoms with Crippen molar-refractivity contribution in [2.75, 3.05) is 19.6 Å². The van der Waals surface area contributed by atoms with Gasteiger partial charge in [-0.15, -0.1) is 0 Å². The first-order valence-electron chi connectivity index (χ1n) is 4.95. The predicted molar refractivity (Wildman–Crippen MR) is 52.8 cm³/mol. The molecule has 2 bridgehead atoms. The highest BCUT2D eigenvalue weighted by molar-refractivity contribution is 5.19. The Hall–Kier alpha value is -0.500. The first-order valence-corrected chi connectivity index (χ1v) is 4.95. The minimum Gasteiger partial charge on any atom is -0.402 e. The Morgan fingerprint density at radius 1 is 1.42 bits per heavy atom. The SMILES string of the molecule is CC.CC1=C(N)C2CCN(C1)C2. The third-order valence-electron chi connectivity index (χ3n) is 2.67. The molecule has 2 atom stereocenters. The van der Waals surface area contributed by atoms with Crippen molar-refractivity contribution >= 4 is 0 Å². The monoisotopic (exact) mass is 168 g/mol. The molecule has 2 heteroatoms. The Kier molecular flexibility index (Phi) is 3.15. The van der Waals surface area contributed by atoms with Gasteiger partial charge in [0.1, 0.15) is 0 Å². The molecule has 1 saturated heterocycles. The summed E-state index contributed by atoms with van der Waals surface area (Å²) in [5.74, 6) is 0.689. The summed E-state index contributed by atoms with van der Waals surface area (Å²) in [6.45, 7) is 9.73. The van der Waals surface area contributed by atoms with E-state index in [4.69, 9.17) is 5.73 Å². The van der Waals surface area contributed by atoms with E-state index in [1.807, 2.05) is 13.8 Å². The van der Waals surface area contributed by atoms with Crippen LogP contribution in [0.3, 0.4) is 0 Å². The summed E-state index contributed by atoms with van der Waals surface area (Å²) in [5.41, 5.74) is 8.48. The van der Waals surface area contributed by atoms with Crippen molar-refractivity contribution in [3.63, 3.8) is 0 Å². The van der Waals surface area contributed by atoms with Gasteiger partial charge < -0.3 is 5.73 Å². The lowest BCUT2D eigenvalue weighted by Gasteiger charge is -2.24. The van der Waals surface area contributed by atoms with Crippen LogP contribution in [0.15, 0.2) is 11.3 Å². The van der Waals surface area contributed by atoms with Crippen LogP contribution in [-0.4, -0.2) is 24.5 Å². The summed E-state index contributed by atoms with van der Waals surface area (Å²) < 4.78 is 0. The fraction of sp³-hybridized carbons (Fsp3) is 0.800. The van der Waals surface area contributed by atoms with Crippen molar-refractivity contribution < 1.29 is 0 Å². The molecule has 2 aliphatic rings. The summed E-state index contributed by atoms with van der Waals surface area (Å²) >= 11 is 0. The second-order valence-corrected chi connectivity index (χ2v) is 3.46. The topological polar surface area (TPSA) is 29.3 Å². The second kappa shape index (κ2) is 3.94. The van der Waals surface area contributed by atoms with Gasteiger partial charge in [-0.3, -0.25) is 4.90 Å². The van der Waals surface area contributed by atoms with Crippen LogP contribution in [0.2, 0.25) is 0 Å². The first kappa shape index (κ1) is 9.59. The molecule has 0 aromatic heterocycles. The summed E-state index contributed by atoms with van der Waals surface area (Å²) in [7, 11) is 0. The Morgan fingerprint density at radius 3 is 2.75 bits per heavy atom. The van der Waals surface area contributed by atoms with E-state index in [9.17, 15) is 0 Å². The molecule has 70 valence electrons. The van der Waals surface area contributed by atoms with E-state index in [1.54, 1.807) is 0 Å². The van der Waals surface area contributed by atoms with Crippen LogP contribution in [0.5, 0.6) is 0 Å². The van der Waals surface area contributed by atoms with Crippen LogP contribution in [0, 0.1) is 5.92 Å². The summed E-state index contributed by atoms with van der Waals surface area (Å²) in [6, 6.07) is 0. The van der Waals surface area contributed by atoms with Crippen LogP contribution in [0.25, 0.3) is 0 Å². The van der Waals surface area contributed by atoms with Crippen LogP contribution >= 0.6 is 0 Å². The van der Waals surface area contributed by atoms with Crippen molar-refractivity contribution in [3.8, 4) is 0 Å². The van der Waals surface area contributed by atoms with Gasteiger partial charge in [0.2, 0.25) is 0 Å². The molecule has 0 aromatic carbocycles. The van der Waals surface area contributed by atoms with Gasteiger partial charge in [0.15, 0.2) is 0 Å². The van der Waals surface area contributed by atoms with Gasteiger partial charge in [0, 0.05) is 24.7 Å². The van der Waals surface area contributed by atoms with Gasteiger partial charge in [-0.05, 0) is 25.5 Å². The van der Waals surface area contributed by atoms with E-state index >= 15 is 0 Å². The third kappa shape index (κ3) is 1.63.